The van der Waals surface area contributed by atoms with Crippen LogP contribution in [-0.4, -0.2) is 34.1 Å². The van der Waals surface area contributed by atoms with E-state index in [1.54, 1.807) is 0 Å². The number of aliphatic carboxylic acids is 2. The standard InChI is InChI=1S/C27H40O7/c1-3-5-7-9-10-12-14-19-17-21-20(26(32)34-27(21)33)15-18(13-11-8-6-4-2)16-22(24(28)29)23(19)25(30)31/h18-19H,3-17H2,1-2H3,(H,28,29)(H,30,31). The molecule has 1 aliphatic heterocycles. The second-order valence-corrected chi connectivity index (χ2v) is 9.72. The number of rotatable bonds is 14. The number of carboxylic acid groups (broad SMARTS) is 2. The van der Waals surface area contributed by atoms with Gasteiger partial charge in [-0.2, -0.15) is 0 Å². The summed E-state index contributed by atoms with van der Waals surface area (Å²) in [5, 5.41) is 20.1. The van der Waals surface area contributed by atoms with Crippen molar-refractivity contribution in [2.24, 2.45) is 11.8 Å². The molecule has 1 aliphatic carbocycles. The molecule has 2 rings (SSSR count). The first-order valence-corrected chi connectivity index (χ1v) is 13.0. The SMILES string of the molecule is CCCCCCCCC1CC2=C(CC(CCCCCC)CC(C(=O)O)=C1C(=O)O)C(=O)OC2=O. The van der Waals surface area contributed by atoms with Gasteiger partial charge in [0.25, 0.3) is 0 Å². The van der Waals surface area contributed by atoms with E-state index in [-0.39, 0.29) is 41.9 Å². The van der Waals surface area contributed by atoms with Crippen LogP contribution < -0.4 is 0 Å². The van der Waals surface area contributed by atoms with Crippen LogP contribution in [0.4, 0.5) is 0 Å². The van der Waals surface area contributed by atoms with Gasteiger partial charge in [-0.15, -0.1) is 0 Å². The van der Waals surface area contributed by atoms with Crippen LogP contribution in [0.3, 0.4) is 0 Å². The summed E-state index contributed by atoms with van der Waals surface area (Å²) in [4.78, 5) is 49.6. The first-order chi connectivity index (χ1) is 16.3. The normalized spacial score (nSPS) is 21.1. The number of hydrogen-bond acceptors (Lipinski definition) is 5. The van der Waals surface area contributed by atoms with Crippen LogP contribution in [0, 0.1) is 11.8 Å². The molecule has 2 aliphatic rings. The average Bonchev–Trinajstić information content (AvgIpc) is 3.07. The molecule has 2 atom stereocenters. The monoisotopic (exact) mass is 476 g/mol. The van der Waals surface area contributed by atoms with Gasteiger partial charge in [0, 0.05) is 16.7 Å². The molecule has 2 unspecified atom stereocenters. The first kappa shape index (κ1) is 27.8. The van der Waals surface area contributed by atoms with E-state index in [1.165, 1.54) is 0 Å². The lowest BCUT2D eigenvalue weighted by Gasteiger charge is -2.21. The molecule has 0 bridgehead atoms. The molecule has 34 heavy (non-hydrogen) atoms. The summed E-state index contributed by atoms with van der Waals surface area (Å²) in [6.45, 7) is 4.24. The summed E-state index contributed by atoms with van der Waals surface area (Å²) >= 11 is 0. The predicted octanol–water partition coefficient (Wildman–Crippen LogP) is 5.97. The average molecular weight is 477 g/mol. The van der Waals surface area contributed by atoms with Gasteiger partial charge in [0.15, 0.2) is 0 Å². The third-order valence-electron chi connectivity index (χ3n) is 7.07. The molecule has 0 fully saturated rings. The van der Waals surface area contributed by atoms with Crippen molar-refractivity contribution in [1.29, 1.82) is 0 Å². The van der Waals surface area contributed by atoms with Crippen molar-refractivity contribution < 1.29 is 34.1 Å². The van der Waals surface area contributed by atoms with Crippen molar-refractivity contribution in [3.63, 3.8) is 0 Å². The number of hydrogen-bond donors (Lipinski definition) is 2. The van der Waals surface area contributed by atoms with Crippen LogP contribution in [0.1, 0.15) is 110 Å². The highest BCUT2D eigenvalue weighted by atomic mass is 16.6. The molecule has 0 radical (unpaired) electrons. The van der Waals surface area contributed by atoms with Crippen molar-refractivity contribution >= 4 is 23.9 Å². The van der Waals surface area contributed by atoms with E-state index in [0.29, 0.717) is 18.4 Å². The molecule has 7 heteroatoms. The van der Waals surface area contributed by atoms with E-state index >= 15 is 0 Å². The fourth-order valence-corrected chi connectivity index (χ4v) is 5.21. The van der Waals surface area contributed by atoms with Crippen molar-refractivity contribution in [1.82, 2.24) is 0 Å². The minimum absolute atomic E-state index is 0.0375. The number of carbonyl (C=O) groups excluding carboxylic acids is 2. The minimum atomic E-state index is -1.25. The third kappa shape index (κ3) is 7.81. The van der Waals surface area contributed by atoms with Crippen LogP contribution in [0.2, 0.25) is 0 Å². The molecule has 0 amide bonds. The Morgan fingerprint density at radius 3 is 1.85 bits per heavy atom. The zero-order chi connectivity index (χ0) is 25.1. The van der Waals surface area contributed by atoms with Crippen molar-refractivity contribution in [2.45, 2.75) is 110 Å². The molecule has 0 aromatic rings. The lowest BCUT2D eigenvalue weighted by atomic mass is 9.83. The van der Waals surface area contributed by atoms with E-state index < -0.39 is 29.8 Å². The van der Waals surface area contributed by atoms with Gasteiger partial charge in [-0.05, 0) is 43.9 Å². The fourth-order valence-electron chi connectivity index (χ4n) is 5.21. The van der Waals surface area contributed by atoms with Gasteiger partial charge >= 0.3 is 23.9 Å². The van der Waals surface area contributed by atoms with E-state index in [9.17, 15) is 29.4 Å². The van der Waals surface area contributed by atoms with E-state index in [2.05, 4.69) is 13.8 Å². The molecule has 190 valence electrons. The first-order valence-electron chi connectivity index (χ1n) is 13.0. The van der Waals surface area contributed by atoms with Crippen LogP contribution in [0.5, 0.6) is 0 Å². The van der Waals surface area contributed by atoms with Gasteiger partial charge < -0.3 is 14.9 Å². The maximum absolute atomic E-state index is 12.5. The fraction of sp³-hybridized carbons (Fsp3) is 0.704. The number of ether oxygens (including phenoxy) is 1. The number of unbranched alkanes of at least 4 members (excludes halogenated alkanes) is 8. The van der Waals surface area contributed by atoms with Gasteiger partial charge in [0.2, 0.25) is 0 Å². The van der Waals surface area contributed by atoms with E-state index in [1.807, 2.05) is 0 Å². The molecule has 0 spiro atoms. The van der Waals surface area contributed by atoms with Gasteiger partial charge in [-0.3, -0.25) is 0 Å². The van der Waals surface area contributed by atoms with Gasteiger partial charge in [-0.1, -0.05) is 78.1 Å². The Kier molecular flexibility index (Phi) is 11.5. The van der Waals surface area contributed by atoms with Crippen molar-refractivity contribution in [2.75, 3.05) is 0 Å². The van der Waals surface area contributed by atoms with E-state index in [0.717, 1.165) is 64.2 Å². The highest BCUT2D eigenvalue weighted by Gasteiger charge is 2.40. The maximum atomic E-state index is 12.5. The zero-order valence-electron chi connectivity index (χ0n) is 20.7. The second kappa shape index (κ2) is 14.1. The van der Waals surface area contributed by atoms with Crippen LogP contribution >= 0.6 is 0 Å². The predicted molar refractivity (Wildman–Crippen MR) is 128 cm³/mol. The summed E-state index contributed by atoms with van der Waals surface area (Å²) in [5.41, 5.74) is 0.367. The smallest absolute Gasteiger partial charge is 0.342 e. The Hall–Kier alpha value is -2.44. The zero-order valence-corrected chi connectivity index (χ0v) is 20.7. The number of carbonyl (C=O) groups is 4. The molecule has 1 heterocycles. The summed E-state index contributed by atoms with van der Waals surface area (Å²) in [6.07, 6.45) is 11.5. The summed E-state index contributed by atoms with van der Waals surface area (Å²) in [6, 6.07) is 0. The summed E-state index contributed by atoms with van der Waals surface area (Å²) in [7, 11) is 0. The largest absolute Gasteiger partial charge is 0.478 e. The Labute approximate surface area is 202 Å². The molecular formula is C27H40O7. The van der Waals surface area contributed by atoms with Gasteiger partial charge in [0.1, 0.15) is 0 Å². The molecule has 2 N–H and O–H groups in total. The molecule has 0 saturated carbocycles. The lowest BCUT2D eigenvalue weighted by molar-refractivity contribution is -0.151. The Morgan fingerprint density at radius 1 is 0.735 bits per heavy atom. The van der Waals surface area contributed by atoms with Crippen LogP contribution in [0.15, 0.2) is 22.3 Å². The molecule has 7 nitrogen and oxygen atoms in total. The topological polar surface area (TPSA) is 118 Å². The lowest BCUT2D eigenvalue weighted by Crippen LogP contribution is -2.21. The summed E-state index contributed by atoms with van der Waals surface area (Å²) in [5.74, 6) is -4.71. The van der Waals surface area contributed by atoms with Gasteiger partial charge in [0.05, 0.1) is 5.57 Å². The minimum Gasteiger partial charge on any atom is -0.478 e. The molecule has 0 saturated heterocycles. The summed E-state index contributed by atoms with van der Waals surface area (Å²) < 4.78 is 4.91. The Balaban J connectivity index is 2.38. The maximum Gasteiger partial charge on any atom is 0.342 e. The Morgan fingerprint density at radius 2 is 1.26 bits per heavy atom. The second-order valence-electron chi connectivity index (χ2n) is 9.72. The van der Waals surface area contributed by atoms with Gasteiger partial charge in [-0.25, -0.2) is 19.2 Å². The highest BCUT2D eigenvalue weighted by Crippen LogP contribution is 2.40. The highest BCUT2D eigenvalue weighted by molar-refractivity contribution is 6.12. The quantitative estimate of drug-likeness (QED) is 0.180. The number of cyclic esters (lactones) is 2. The Bertz CT molecular complexity index is 821. The number of carboxylic acids is 2. The third-order valence-corrected chi connectivity index (χ3v) is 7.07. The molecule has 0 aromatic carbocycles. The number of esters is 2. The molecular weight excluding hydrogens is 436 g/mol. The van der Waals surface area contributed by atoms with Crippen molar-refractivity contribution in [3.8, 4) is 0 Å². The molecule has 0 aromatic heterocycles. The van der Waals surface area contributed by atoms with Crippen molar-refractivity contribution in [3.05, 3.63) is 22.3 Å². The van der Waals surface area contributed by atoms with Crippen LogP contribution in [0.25, 0.3) is 0 Å². The van der Waals surface area contributed by atoms with E-state index in [4.69, 9.17) is 4.74 Å². The van der Waals surface area contributed by atoms with Crippen LogP contribution in [-0.2, 0) is 23.9 Å².